The van der Waals surface area contributed by atoms with Crippen molar-refractivity contribution in [1.82, 2.24) is 25.5 Å². The van der Waals surface area contributed by atoms with E-state index in [2.05, 4.69) is 61.9 Å². The number of benzene rings is 2. The summed E-state index contributed by atoms with van der Waals surface area (Å²) in [5.41, 5.74) is 3.49. The zero-order chi connectivity index (χ0) is 16.2. The van der Waals surface area contributed by atoms with Crippen LogP contribution in [-0.4, -0.2) is 45.2 Å². The number of morpholine rings is 1. The van der Waals surface area contributed by atoms with Gasteiger partial charge in [0.2, 0.25) is 5.82 Å². The fraction of sp³-hybridized carbons (Fsp3) is 0.278. The Balaban J connectivity index is 1.41. The van der Waals surface area contributed by atoms with E-state index in [4.69, 9.17) is 4.74 Å². The second kappa shape index (κ2) is 6.90. The molecule has 1 fully saturated rings. The molecule has 4 rings (SSSR count). The molecular formula is C18H19N5O. The van der Waals surface area contributed by atoms with Crippen molar-refractivity contribution in [3.63, 3.8) is 0 Å². The molecule has 0 aliphatic carbocycles. The summed E-state index contributed by atoms with van der Waals surface area (Å²) >= 11 is 0. The third-order valence-corrected chi connectivity index (χ3v) is 4.29. The van der Waals surface area contributed by atoms with E-state index in [0.717, 1.165) is 31.8 Å². The SMILES string of the molecule is c1ccc([C@H]2CN(Cc3ccc(-c4nn[nH]n4)cc3)CCO2)cc1. The Morgan fingerprint density at radius 3 is 2.67 bits per heavy atom. The van der Waals surface area contributed by atoms with Crippen molar-refractivity contribution in [3.8, 4) is 11.4 Å². The van der Waals surface area contributed by atoms with Crippen LogP contribution in [0.1, 0.15) is 17.2 Å². The second-order valence-corrected chi connectivity index (χ2v) is 5.94. The molecule has 2 aromatic carbocycles. The van der Waals surface area contributed by atoms with Gasteiger partial charge in [0, 0.05) is 25.2 Å². The van der Waals surface area contributed by atoms with Crippen molar-refractivity contribution >= 4 is 0 Å². The third kappa shape index (κ3) is 3.34. The molecule has 122 valence electrons. The summed E-state index contributed by atoms with van der Waals surface area (Å²) in [6.07, 6.45) is 0.151. The number of nitrogens with zero attached hydrogens (tertiary/aromatic N) is 4. The number of aromatic amines is 1. The summed E-state index contributed by atoms with van der Waals surface area (Å²) in [5, 5.41) is 14.1. The lowest BCUT2D eigenvalue weighted by Crippen LogP contribution is -2.37. The van der Waals surface area contributed by atoms with Gasteiger partial charge in [-0.3, -0.25) is 4.90 Å². The first-order chi connectivity index (χ1) is 11.9. The highest BCUT2D eigenvalue weighted by atomic mass is 16.5. The molecule has 6 heteroatoms. The minimum absolute atomic E-state index is 0.151. The minimum atomic E-state index is 0.151. The zero-order valence-electron chi connectivity index (χ0n) is 13.3. The number of aromatic nitrogens is 4. The molecule has 1 N–H and O–H groups in total. The molecule has 1 aromatic heterocycles. The maximum absolute atomic E-state index is 5.93. The predicted molar refractivity (Wildman–Crippen MR) is 90.0 cm³/mol. The van der Waals surface area contributed by atoms with Crippen molar-refractivity contribution in [3.05, 3.63) is 65.7 Å². The fourth-order valence-corrected chi connectivity index (χ4v) is 3.02. The summed E-state index contributed by atoms with van der Waals surface area (Å²) in [4.78, 5) is 2.44. The molecular weight excluding hydrogens is 302 g/mol. The third-order valence-electron chi connectivity index (χ3n) is 4.29. The lowest BCUT2D eigenvalue weighted by atomic mass is 10.1. The van der Waals surface area contributed by atoms with E-state index in [-0.39, 0.29) is 6.10 Å². The molecule has 0 amide bonds. The lowest BCUT2D eigenvalue weighted by molar-refractivity contribution is -0.0329. The highest BCUT2D eigenvalue weighted by Crippen LogP contribution is 2.23. The van der Waals surface area contributed by atoms with Gasteiger partial charge in [-0.15, -0.1) is 10.2 Å². The Hall–Kier alpha value is -2.57. The first kappa shape index (κ1) is 15.0. The van der Waals surface area contributed by atoms with Crippen LogP contribution in [0.2, 0.25) is 0 Å². The number of hydrogen-bond acceptors (Lipinski definition) is 5. The van der Waals surface area contributed by atoms with Crippen LogP contribution in [0.25, 0.3) is 11.4 Å². The van der Waals surface area contributed by atoms with Crippen molar-refractivity contribution in [2.75, 3.05) is 19.7 Å². The molecule has 0 unspecified atom stereocenters. The van der Waals surface area contributed by atoms with Gasteiger partial charge in [-0.05, 0) is 16.3 Å². The molecule has 1 aliphatic heterocycles. The van der Waals surface area contributed by atoms with Gasteiger partial charge < -0.3 is 4.74 Å². The largest absolute Gasteiger partial charge is 0.371 e. The molecule has 24 heavy (non-hydrogen) atoms. The Bertz CT molecular complexity index is 758. The topological polar surface area (TPSA) is 66.9 Å². The average Bonchev–Trinajstić information content (AvgIpc) is 3.18. The van der Waals surface area contributed by atoms with Gasteiger partial charge in [0.1, 0.15) is 0 Å². The first-order valence-corrected chi connectivity index (χ1v) is 8.10. The highest BCUT2D eigenvalue weighted by molar-refractivity contribution is 5.54. The average molecular weight is 321 g/mol. The van der Waals surface area contributed by atoms with Gasteiger partial charge in [-0.25, -0.2) is 0 Å². The Labute approximate surface area is 140 Å². The van der Waals surface area contributed by atoms with E-state index in [1.54, 1.807) is 0 Å². The van der Waals surface area contributed by atoms with Crippen LogP contribution in [0.15, 0.2) is 54.6 Å². The maximum atomic E-state index is 5.93. The second-order valence-electron chi connectivity index (χ2n) is 5.94. The van der Waals surface area contributed by atoms with Crippen LogP contribution >= 0.6 is 0 Å². The molecule has 3 aromatic rings. The normalized spacial score (nSPS) is 18.6. The van der Waals surface area contributed by atoms with E-state index in [1.165, 1.54) is 11.1 Å². The van der Waals surface area contributed by atoms with Crippen molar-refractivity contribution in [2.45, 2.75) is 12.6 Å². The van der Waals surface area contributed by atoms with Crippen LogP contribution in [-0.2, 0) is 11.3 Å². The van der Waals surface area contributed by atoms with E-state index < -0.39 is 0 Å². The fourth-order valence-electron chi connectivity index (χ4n) is 3.02. The number of rotatable bonds is 4. The van der Waals surface area contributed by atoms with Crippen molar-refractivity contribution in [1.29, 1.82) is 0 Å². The van der Waals surface area contributed by atoms with Crippen LogP contribution in [0, 0.1) is 0 Å². The number of ether oxygens (including phenoxy) is 1. The van der Waals surface area contributed by atoms with E-state index in [0.29, 0.717) is 5.82 Å². The summed E-state index contributed by atoms with van der Waals surface area (Å²) in [6.45, 7) is 3.55. The minimum Gasteiger partial charge on any atom is -0.371 e. The Kier molecular flexibility index (Phi) is 4.31. The van der Waals surface area contributed by atoms with Crippen molar-refractivity contribution in [2.24, 2.45) is 0 Å². The summed E-state index contributed by atoms with van der Waals surface area (Å²) < 4.78 is 5.93. The molecule has 2 heterocycles. The lowest BCUT2D eigenvalue weighted by Gasteiger charge is -2.33. The summed E-state index contributed by atoms with van der Waals surface area (Å²) in [6, 6.07) is 18.8. The summed E-state index contributed by atoms with van der Waals surface area (Å²) in [7, 11) is 0. The Morgan fingerprint density at radius 1 is 1.08 bits per heavy atom. The zero-order valence-corrected chi connectivity index (χ0v) is 13.3. The first-order valence-electron chi connectivity index (χ1n) is 8.10. The van der Waals surface area contributed by atoms with Gasteiger partial charge in [-0.1, -0.05) is 54.6 Å². The van der Waals surface area contributed by atoms with E-state index in [1.807, 2.05) is 18.2 Å². The number of tetrazole rings is 1. The van der Waals surface area contributed by atoms with Gasteiger partial charge in [0.05, 0.1) is 12.7 Å². The van der Waals surface area contributed by atoms with Crippen molar-refractivity contribution < 1.29 is 4.74 Å². The molecule has 0 spiro atoms. The highest BCUT2D eigenvalue weighted by Gasteiger charge is 2.21. The number of H-pyrrole nitrogens is 1. The summed E-state index contributed by atoms with van der Waals surface area (Å²) in [5.74, 6) is 0.622. The van der Waals surface area contributed by atoms with E-state index >= 15 is 0 Å². The van der Waals surface area contributed by atoms with Crippen LogP contribution < -0.4 is 0 Å². The van der Waals surface area contributed by atoms with Gasteiger partial charge in [0.15, 0.2) is 0 Å². The standard InChI is InChI=1S/C18H19N5O/c1-2-4-15(5-3-1)17-13-23(10-11-24-17)12-14-6-8-16(9-7-14)18-19-21-22-20-18/h1-9,17H,10-13H2,(H,19,20,21,22)/t17-/m1/s1. The molecule has 1 aliphatic rings. The number of nitrogens with one attached hydrogen (secondary N) is 1. The number of hydrogen-bond donors (Lipinski definition) is 1. The molecule has 1 saturated heterocycles. The molecule has 0 bridgehead atoms. The van der Waals surface area contributed by atoms with Gasteiger partial charge >= 0.3 is 0 Å². The van der Waals surface area contributed by atoms with E-state index in [9.17, 15) is 0 Å². The monoisotopic (exact) mass is 321 g/mol. The van der Waals surface area contributed by atoms with Gasteiger partial charge in [0.25, 0.3) is 0 Å². The van der Waals surface area contributed by atoms with Crippen LogP contribution in [0.4, 0.5) is 0 Å². The molecule has 1 atom stereocenters. The van der Waals surface area contributed by atoms with Crippen LogP contribution in [0.3, 0.4) is 0 Å². The smallest absolute Gasteiger partial charge is 0.204 e. The maximum Gasteiger partial charge on any atom is 0.204 e. The van der Waals surface area contributed by atoms with Gasteiger partial charge in [-0.2, -0.15) is 5.21 Å². The molecule has 6 nitrogen and oxygen atoms in total. The predicted octanol–water partition coefficient (Wildman–Crippen LogP) is 2.44. The molecule has 0 saturated carbocycles. The quantitative estimate of drug-likeness (QED) is 0.799. The Morgan fingerprint density at radius 2 is 1.92 bits per heavy atom. The molecule has 0 radical (unpaired) electrons. The van der Waals surface area contributed by atoms with Crippen LogP contribution in [0.5, 0.6) is 0 Å².